The number of imide groups is 1. The highest BCUT2D eigenvalue weighted by molar-refractivity contribution is 7.91. The largest absolute Gasteiger partial charge is 0.442 e. The topological polar surface area (TPSA) is 137 Å². The second-order valence-corrected chi connectivity index (χ2v) is 12.8. The van der Waals surface area contributed by atoms with E-state index in [4.69, 9.17) is 14.2 Å². The molecule has 3 rings (SSSR count). The van der Waals surface area contributed by atoms with Gasteiger partial charge in [0.2, 0.25) is 12.2 Å². The maximum atomic E-state index is 14.9. The fourth-order valence-corrected chi connectivity index (χ4v) is 5.63. The van der Waals surface area contributed by atoms with Crippen LogP contribution in [0.15, 0.2) is 18.2 Å². The molecule has 11 nitrogen and oxygen atoms in total. The van der Waals surface area contributed by atoms with E-state index in [0.717, 1.165) is 11.8 Å². The molecule has 0 bridgehead atoms. The number of esters is 1. The van der Waals surface area contributed by atoms with E-state index in [0.29, 0.717) is 18.4 Å². The molecule has 2 atom stereocenters. The summed E-state index contributed by atoms with van der Waals surface area (Å²) in [6.45, 7) is 6.97. The van der Waals surface area contributed by atoms with Crippen LogP contribution < -0.4 is 4.90 Å². The third kappa shape index (κ3) is 7.21. The predicted octanol–water partition coefficient (Wildman–Crippen LogP) is 3.36. The Balaban J connectivity index is 1.63. The molecular formula is C25H33FN2O9S. The molecule has 2 aliphatic heterocycles. The Bertz CT molecular complexity index is 1200. The van der Waals surface area contributed by atoms with Gasteiger partial charge in [0.15, 0.2) is 0 Å². The number of halogens is 1. The number of rotatable bonds is 6. The SMILES string of the molecule is CC(=O)N(C[C@H]1CN(c2ccc(C3CCS(=O)(=O)CC3)c(F)c2)C(=O)O1)C(=O)OC(C)OC(=O)C(C)(C)C. The van der Waals surface area contributed by atoms with Crippen molar-refractivity contribution in [3.63, 3.8) is 0 Å². The number of benzene rings is 1. The molecule has 2 heterocycles. The molecule has 2 saturated heterocycles. The summed E-state index contributed by atoms with van der Waals surface area (Å²) in [6.07, 6.45) is -3.38. The molecule has 0 radical (unpaired) electrons. The molecule has 1 aromatic carbocycles. The van der Waals surface area contributed by atoms with Gasteiger partial charge in [0, 0.05) is 13.8 Å². The summed E-state index contributed by atoms with van der Waals surface area (Å²) in [4.78, 5) is 51.1. The summed E-state index contributed by atoms with van der Waals surface area (Å²) in [5, 5.41) is 0. The summed E-state index contributed by atoms with van der Waals surface area (Å²) in [5.74, 6) is -2.05. The number of sulfone groups is 1. The lowest BCUT2D eigenvalue weighted by molar-refractivity contribution is -0.175. The minimum absolute atomic E-state index is 0.00583. The molecule has 0 aromatic heterocycles. The van der Waals surface area contributed by atoms with Crippen molar-refractivity contribution in [2.45, 2.75) is 65.8 Å². The van der Waals surface area contributed by atoms with Crippen molar-refractivity contribution in [2.24, 2.45) is 5.41 Å². The number of nitrogens with zero attached hydrogens (tertiary/aromatic N) is 2. The highest BCUT2D eigenvalue weighted by atomic mass is 32.2. The minimum atomic E-state index is -3.09. The highest BCUT2D eigenvalue weighted by Gasteiger charge is 2.37. The quantitative estimate of drug-likeness (QED) is 0.381. The Kier molecular flexibility index (Phi) is 8.69. The Morgan fingerprint density at radius 2 is 1.82 bits per heavy atom. The van der Waals surface area contributed by atoms with Crippen molar-refractivity contribution in [2.75, 3.05) is 29.5 Å². The second kappa shape index (κ2) is 11.3. The van der Waals surface area contributed by atoms with Crippen LogP contribution in [-0.2, 0) is 33.6 Å². The van der Waals surface area contributed by atoms with Crippen LogP contribution in [0, 0.1) is 11.2 Å². The summed E-state index contributed by atoms with van der Waals surface area (Å²) in [7, 11) is -3.09. The zero-order valence-electron chi connectivity index (χ0n) is 22.1. The molecule has 38 heavy (non-hydrogen) atoms. The van der Waals surface area contributed by atoms with Crippen LogP contribution in [-0.4, -0.2) is 74.4 Å². The van der Waals surface area contributed by atoms with Crippen LogP contribution in [0.3, 0.4) is 0 Å². The molecule has 13 heteroatoms. The molecule has 1 unspecified atom stereocenters. The molecular weight excluding hydrogens is 523 g/mol. The van der Waals surface area contributed by atoms with Gasteiger partial charge in [-0.05, 0) is 57.2 Å². The molecule has 210 valence electrons. The maximum Gasteiger partial charge on any atom is 0.419 e. The van der Waals surface area contributed by atoms with Crippen LogP contribution in [0.1, 0.15) is 58.9 Å². The second-order valence-electron chi connectivity index (χ2n) is 10.5. The number of cyclic esters (lactones) is 1. The fraction of sp³-hybridized carbons (Fsp3) is 0.600. The van der Waals surface area contributed by atoms with E-state index in [1.54, 1.807) is 26.8 Å². The lowest BCUT2D eigenvalue weighted by atomic mass is 9.93. The maximum absolute atomic E-state index is 14.9. The van der Waals surface area contributed by atoms with Gasteiger partial charge in [0.1, 0.15) is 21.8 Å². The fourth-order valence-electron chi connectivity index (χ4n) is 4.14. The lowest BCUT2D eigenvalue weighted by Gasteiger charge is -2.25. The molecule has 2 aliphatic rings. The molecule has 0 spiro atoms. The monoisotopic (exact) mass is 556 g/mol. The average Bonchev–Trinajstić information content (AvgIpc) is 3.16. The molecule has 1 aromatic rings. The van der Waals surface area contributed by atoms with E-state index >= 15 is 0 Å². The summed E-state index contributed by atoms with van der Waals surface area (Å²) >= 11 is 0. The first-order valence-corrected chi connectivity index (χ1v) is 14.1. The first kappa shape index (κ1) is 29.3. The van der Waals surface area contributed by atoms with Gasteiger partial charge in [-0.3, -0.25) is 14.5 Å². The number of anilines is 1. The highest BCUT2D eigenvalue weighted by Crippen LogP contribution is 2.33. The molecule has 2 fully saturated rings. The van der Waals surface area contributed by atoms with Crippen LogP contribution in [0.5, 0.6) is 0 Å². The average molecular weight is 557 g/mol. The zero-order valence-corrected chi connectivity index (χ0v) is 22.9. The van der Waals surface area contributed by atoms with Gasteiger partial charge >= 0.3 is 18.2 Å². The smallest absolute Gasteiger partial charge is 0.419 e. The van der Waals surface area contributed by atoms with Crippen molar-refractivity contribution in [1.29, 1.82) is 0 Å². The van der Waals surface area contributed by atoms with E-state index in [1.807, 2.05) is 0 Å². The Hall–Kier alpha value is -3.22. The predicted molar refractivity (Wildman–Crippen MR) is 134 cm³/mol. The van der Waals surface area contributed by atoms with Gasteiger partial charge in [0.25, 0.3) is 0 Å². The third-order valence-electron chi connectivity index (χ3n) is 6.30. The Morgan fingerprint density at radius 1 is 1.18 bits per heavy atom. The zero-order chi connectivity index (χ0) is 28.4. The van der Waals surface area contributed by atoms with Gasteiger partial charge in [0.05, 0.1) is 35.7 Å². The number of hydrogen-bond acceptors (Lipinski definition) is 9. The van der Waals surface area contributed by atoms with Gasteiger partial charge < -0.3 is 14.2 Å². The van der Waals surface area contributed by atoms with Crippen molar-refractivity contribution in [3.8, 4) is 0 Å². The summed E-state index contributed by atoms with van der Waals surface area (Å²) in [6, 6.07) is 4.27. The first-order chi connectivity index (χ1) is 17.6. The van der Waals surface area contributed by atoms with Crippen LogP contribution in [0.2, 0.25) is 0 Å². The van der Waals surface area contributed by atoms with E-state index in [-0.39, 0.29) is 36.2 Å². The molecule has 3 amide bonds. The number of amides is 3. The van der Waals surface area contributed by atoms with E-state index in [1.165, 1.54) is 24.0 Å². The normalized spacial score (nSPS) is 20.4. The van der Waals surface area contributed by atoms with Crippen molar-refractivity contribution in [1.82, 2.24) is 4.90 Å². The van der Waals surface area contributed by atoms with Crippen molar-refractivity contribution >= 4 is 39.6 Å². The van der Waals surface area contributed by atoms with Crippen LogP contribution in [0.4, 0.5) is 19.7 Å². The number of carbonyl (C=O) groups excluding carboxylic acids is 4. The first-order valence-electron chi connectivity index (χ1n) is 12.2. The van der Waals surface area contributed by atoms with Gasteiger partial charge in [-0.25, -0.2) is 27.3 Å². The minimum Gasteiger partial charge on any atom is -0.442 e. The summed E-state index contributed by atoms with van der Waals surface area (Å²) < 4.78 is 53.7. The van der Waals surface area contributed by atoms with E-state index in [9.17, 15) is 32.0 Å². The van der Waals surface area contributed by atoms with Gasteiger partial charge in [-0.2, -0.15) is 0 Å². The third-order valence-corrected chi connectivity index (χ3v) is 8.02. The standard InChI is InChI=1S/C25H33FN2O9S/c1-15(29)27(23(31)36-16(2)35-22(30)25(3,4)5)13-19-14-28(24(32)37-19)18-6-7-20(21(26)12-18)17-8-10-38(33,34)11-9-17/h6-7,12,16-17,19H,8-11,13-14H2,1-5H3/t16?,19-/m0/s1. The van der Waals surface area contributed by atoms with Crippen molar-refractivity contribution in [3.05, 3.63) is 29.6 Å². The van der Waals surface area contributed by atoms with Crippen LogP contribution >= 0.6 is 0 Å². The molecule has 0 aliphatic carbocycles. The Morgan fingerprint density at radius 3 is 2.37 bits per heavy atom. The van der Waals surface area contributed by atoms with Crippen molar-refractivity contribution < 1.29 is 46.2 Å². The Labute approximate surface area is 221 Å². The lowest BCUT2D eigenvalue weighted by Crippen LogP contribution is -2.44. The van der Waals surface area contributed by atoms with Crippen LogP contribution in [0.25, 0.3) is 0 Å². The van der Waals surface area contributed by atoms with Gasteiger partial charge in [-0.15, -0.1) is 0 Å². The number of carbonyl (C=O) groups is 4. The summed E-state index contributed by atoms with van der Waals surface area (Å²) in [5.41, 5.74) is -0.210. The van der Waals surface area contributed by atoms with E-state index < -0.39 is 57.5 Å². The van der Waals surface area contributed by atoms with E-state index in [2.05, 4.69) is 0 Å². The number of ether oxygens (including phenoxy) is 3. The van der Waals surface area contributed by atoms with Gasteiger partial charge in [-0.1, -0.05) is 6.07 Å². The molecule has 0 N–H and O–H groups in total. The number of hydrogen-bond donors (Lipinski definition) is 0. The molecule has 0 saturated carbocycles.